The van der Waals surface area contributed by atoms with Crippen LogP contribution in [0.5, 0.6) is 5.88 Å². The molecular weight excluding hydrogens is 358 g/mol. The number of methoxy groups -OCH3 is 1. The van der Waals surface area contributed by atoms with Crippen LogP contribution in [0.4, 0.5) is 0 Å². The van der Waals surface area contributed by atoms with Gasteiger partial charge in [0.15, 0.2) is 6.61 Å². The Kier molecular flexibility index (Phi) is 5.99. The van der Waals surface area contributed by atoms with E-state index in [0.29, 0.717) is 11.3 Å². The highest BCUT2D eigenvalue weighted by Gasteiger charge is 2.14. The second-order valence-electron chi connectivity index (χ2n) is 6.02. The Morgan fingerprint density at radius 3 is 3.04 bits per heavy atom. The summed E-state index contributed by atoms with van der Waals surface area (Å²) in [4.78, 5) is 19.3. The predicted octanol–water partition coefficient (Wildman–Crippen LogP) is 2.42. The number of H-pyrrole nitrogens is 1. The summed E-state index contributed by atoms with van der Waals surface area (Å²) in [6.07, 6.45) is 3.36. The van der Waals surface area contributed by atoms with E-state index in [1.54, 1.807) is 19.2 Å². The molecule has 0 radical (unpaired) electrons. The zero-order valence-electron chi connectivity index (χ0n) is 15.5. The third kappa shape index (κ3) is 4.34. The number of benzene rings is 1. The van der Waals surface area contributed by atoms with Gasteiger partial charge in [-0.1, -0.05) is 18.2 Å². The Balaban J connectivity index is 1.62. The molecule has 0 saturated carbocycles. The lowest BCUT2D eigenvalue weighted by molar-refractivity contribution is -0.123. The van der Waals surface area contributed by atoms with Gasteiger partial charge in [-0.15, -0.1) is 0 Å². The van der Waals surface area contributed by atoms with Crippen molar-refractivity contribution in [3.8, 4) is 11.9 Å². The molecule has 3 aromatic rings. The lowest BCUT2D eigenvalue weighted by Gasteiger charge is -2.10. The Morgan fingerprint density at radius 2 is 2.25 bits per heavy atom. The van der Waals surface area contributed by atoms with Gasteiger partial charge in [0.05, 0.1) is 12.8 Å². The molecule has 2 aromatic heterocycles. The molecule has 0 fully saturated rings. The van der Waals surface area contributed by atoms with Gasteiger partial charge < -0.3 is 14.5 Å². The van der Waals surface area contributed by atoms with Crippen LogP contribution < -0.4 is 10.2 Å². The molecule has 3 rings (SSSR count). The fourth-order valence-corrected chi connectivity index (χ4v) is 2.74. The summed E-state index contributed by atoms with van der Waals surface area (Å²) in [7, 11) is 1.54. The molecule has 0 saturated heterocycles. The molecule has 2 N–H and O–H groups in total. The van der Waals surface area contributed by atoms with Gasteiger partial charge in [0, 0.05) is 41.0 Å². The molecule has 8 heteroatoms. The number of hydrogen-bond acceptors (Lipinski definition) is 6. The fourth-order valence-electron chi connectivity index (χ4n) is 2.74. The van der Waals surface area contributed by atoms with Gasteiger partial charge in [-0.2, -0.15) is 10.4 Å². The molecule has 0 spiro atoms. The van der Waals surface area contributed by atoms with Crippen LogP contribution in [0.15, 0.2) is 41.6 Å². The molecule has 1 aromatic carbocycles. The number of rotatable bonds is 7. The van der Waals surface area contributed by atoms with Crippen molar-refractivity contribution < 1.29 is 14.3 Å². The van der Waals surface area contributed by atoms with Crippen molar-refractivity contribution >= 4 is 23.0 Å². The normalized spacial score (nSPS) is 10.9. The Labute approximate surface area is 161 Å². The second-order valence-corrected chi connectivity index (χ2v) is 6.02. The smallest absolute Gasteiger partial charge is 0.278 e. The highest BCUT2D eigenvalue weighted by atomic mass is 16.5. The summed E-state index contributed by atoms with van der Waals surface area (Å²) in [6.45, 7) is 1.71. The molecule has 0 aliphatic heterocycles. The van der Waals surface area contributed by atoms with Crippen LogP contribution in [-0.4, -0.2) is 35.8 Å². The van der Waals surface area contributed by atoms with E-state index in [2.05, 4.69) is 20.5 Å². The monoisotopic (exact) mass is 377 g/mol. The van der Waals surface area contributed by atoms with E-state index in [4.69, 9.17) is 9.47 Å². The Morgan fingerprint density at radius 1 is 1.43 bits per heavy atom. The number of amides is 1. The van der Waals surface area contributed by atoms with Crippen molar-refractivity contribution in [2.24, 2.45) is 5.10 Å². The summed E-state index contributed by atoms with van der Waals surface area (Å²) in [5.41, 5.74) is 5.82. The topological polar surface area (TPSA) is 112 Å². The van der Waals surface area contributed by atoms with E-state index in [-0.39, 0.29) is 24.7 Å². The van der Waals surface area contributed by atoms with Crippen LogP contribution in [-0.2, 0) is 16.1 Å². The maximum absolute atomic E-state index is 12.0. The first-order valence-electron chi connectivity index (χ1n) is 8.52. The van der Waals surface area contributed by atoms with Crippen LogP contribution in [0.1, 0.15) is 22.4 Å². The second kappa shape index (κ2) is 8.79. The first-order chi connectivity index (χ1) is 13.6. The van der Waals surface area contributed by atoms with E-state index in [0.717, 1.165) is 16.5 Å². The Bertz CT molecular complexity index is 1070. The number of ether oxygens (including phenoxy) is 2. The summed E-state index contributed by atoms with van der Waals surface area (Å²) in [5.74, 6) is -0.359. The molecule has 28 heavy (non-hydrogen) atoms. The van der Waals surface area contributed by atoms with Gasteiger partial charge in [0.25, 0.3) is 5.91 Å². The number of aryl methyl sites for hydroxylation is 1. The molecule has 0 aliphatic rings. The van der Waals surface area contributed by atoms with E-state index >= 15 is 0 Å². The quantitative estimate of drug-likeness (QED) is 0.485. The third-order valence-electron chi connectivity index (χ3n) is 3.96. The number of pyridine rings is 1. The molecule has 0 aliphatic carbocycles. The molecular formula is C20H19N5O3. The maximum Gasteiger partial charge on any atom is 0.278 e. The van der Waals surface area contributed by atoms with Crippen molar-refractivity contribution in [3.63, 3.8) is 0 Å². The minimum absolute atomic E-state index is 0.102. The minimum Gasteiger partial charge on any atom is -0.467 e. The standard InChI is InChI=1S/C20H19N5O3/c1-13-7-14(11-27-2)17(8-21)20(24-13)28-12-19(26)25-23-10-15-9-22-18-6-4-3-5-16(15)18/h3-7,9-10,22H,11-12H2,1-2H3,(H,25,26)/b23-10-. The van der Waals surface area contributed by atoms with Gasteiger partial charge in [0.1, 0.15) is 11.6 Å². The van der Waals surface area contributed by atoms with Gasteiger partial charge >= 0.3 is 0 Å². The number of hydrazone groups is 1. The van der Waals surface area contributed by atoms with E-state index < -0.39 is 5.91 Å². The number of aromatic amines is 1. The number of nitrogens with zero attached hydrogens (tertiary/aromatic N) is 3. The molecule has 1 amide bonds. The highest BCUT2D eigenvalue weighted by Crippen LogP contribution is 2.21. The number of para-hydroxylation sites is 1. The Hall–Kier alpha value is -3.70. The zero-order valence-corrected chi connectivity index (χ0v) is 15.5. The van der Waals surface area contributed by atoms with Crippen LogP contribution in [0.3, 0.4) is 0 Å². The van der Waals surface area contributed by atoms with E-state index in [9.17, 15) is 10.1 Å². The molecule has 142 valence electrons. The number of fused-ring (bicyclic) bond motifs is 1. The number of carbonyl (C=O) groups is 1. The summed E-state index contributed by atoms with van der Waals surface area (Å²) in [6, 6.07) is 11.6. The lowest BCUT2D eigenvalue weighted by atomic mass is 10.1. The first kappa shape index (κ1) is 19.1. The van der Waals surface area contributed by atoms with E-state index in [1.165, 1.54) is 7.11 Å². The van der Waals surface area contributed by atoms with Crippen molar-refractivity contribution in [2.75, 3.05) is 13.7 Å². The van der Waals surface area contributed by atoms with Crippen LogP contribution in [0.2, 0.25) is 0 Å². The van der Waals surface area contributed by atoms with Crippen LogP contribution >= 0.6 is 0 Å². The number of nitrogens with one attached hydrogen (secondary N) is 2. The van der Waals surface area contributed by atoms with Crippen molar-refractivity contribution in [3.05, 3.63) is 58.9 Å². The van der Waals surface area contributed by atoms with Crippen LogP contribution in [0.25, 0.3) is 10.9 Å². The van der Waals surface area contributed by atoms with Gasteiger partial charge in [0.2, 0.25) is 5.88 Å². The van der Waals surface area contributed by atoms with E-state index in [1.807, 2.05) is 36.5 Å². The number of aromatic nitrogens is 2. The largest absolute Gasteiger partial charge is 0.467 e. The number of nitriles is 1. The highest BCUT2D eigenvalue weighted by molar-refractivity contribution is 5.99. The third-order valence-corrected chi connectivity index (χ3v) is 3.96. The molecule has 0 bridgehead atoms. The zero-order chi connectivity index (χ0) is 19.9. The van der Waals surface area contributed by atoms with Gasteiger partial charge in [-0.3, -0.25) is 4.79 Å². The van der Waals surface area contributed by atoms with Gasteiger partial charge in [-0.05, 0) is 19.1 Å². The maximum atomic E-state index is 12.0. The van der Waals surface area contributed by atoms with Crippen molar-refractivity contribution in [1.29, 1.82) is 5.26 Å². The fraction of sp³-hybridized carbons (Fsp3) is 0.200. The minimum atomic E-state index is -0.462. The molecule has 8 nitrogen and oxygen atoms in total. The first-order valence-corrected chi connectivity index (χ1v) is 8.52. The summed E-state index contributed by atoms with van der Waals surface area (Å²) >= 11 is 0. The predicted molar refractivity (Wildman–Crippen MR) is 104 cm³/mol. The summed E-state index contributed by atoms with van der Waals surface area (Å²) in [5, 5.41) is 14.3. The molecule has 2 heterocycles. The number of carbonyl (C=O) groups excluding carboxylic acids is 1. The molecule has 0 atom stereocenters. The van der Waals surface area contributed by atoms with Crippen molar-refractivity contribution in [2.45, 2.75) is 13.5 Å². The number of hydrogen-bond donors (Lipinski definition) is 2. The van der Waals surface area contributed by atoms with Crippen LogP contribution in [0, 0.1) is 18.3 Å². The van der Waals surface area contributed by atoms with Gasteiger partial charge in [-0.25, -0.2) is 10.4 Å². The van der Waals surface area contributed by atoms with Crippen molar-refractivity contribution in [1.82, 2.24) is 15.4 Å². The summed E-state index contributed by atoms with van der Waals surface area (Å²) < 4.78 is 10.5. The SMILES string of the molecule is COCc1cc(C)nc(OCC(=O)N/N=C\c2c[nH]c3ccccc23)c1C#N. The molecule has 0 unspecified atom stereocenters. The average molecular weight is 377 g/mol. The average Bonchev–Trinajstić information content (AvgIpc) is 3.10. The lowest BCUT2D eigenvalue weighted by Crippen LogP contribution is -2.25.